The Balaban J connectivity index is 2.43. The third-order valence-corrected chi connectivity index (χ3v) is 6.29. The molecule has 0 atom stereocenters. The maximum absolute atomic E-state index is 12.3. The van der Waals surface area contributed by atoms with Crippen LogP contribution in [0.1, 0.15) is 10.6 Å². The lowest BCUT2D eigenvalue weighted by molar-refractivity contribution is 0.601. The summed E-state index contributed by atoms with van der Waals surface area (Å²) in [7, 11) is -3.73. The molecule has 0 saturated carbocycles. The topological polar surface area (TPSA) is 59.1 Å². The van der Waals surface area contributed by atoms with Gasteiger partial charge in [0.2, 0.25) is 0 Å². The summed E-state index contributed by atoms with van der Waals surface area (Å²) < 4.78 is 27.8. The minimum atomic E-state index is -3.73. The summed E-state index contributed by atoms with van der Waals surface area (Å²) in [5.74, 6) is 0.0651. The molecule has 2 aromatic rings. The average molecular weight is 416 g/mol. The Morgan fingerprint density at radius 2 is 1.90 bits per heavy atom. The zero-order valence-corrected chi connectivity index (χ0v) is 15.1. The second-order valence-corrected chi connectivity index (χ2v) is 9.06. The molecule has 0 aliphatic carbocycles. The van der Waals surface area contributed by atoms with E-state index in [9.17, 15) is 8.42 Å². The molecule has 9 heteroatoms. The molecule has 20 heavy (non-hydrogen) atoms. The van der Waals surface area contributed by atoms with Gasteiger partial charge in [-0.1, -0.05) is 23.2 Å². The fraction of sp³-hybridized carbons (Fsp3) is 0.182. The highest BCUT2D eigenvalue weighted by molar-refractivity contribution is 9.11. The molecule has 0 aliphatic rings. The van der Waals surface area contributed by atoms with Crippen LogP contribution >= 0.6 is 50.5 Å². The quantitative estimate of drug-likeness (QED) is 0.794. The summed E-state index contributed by atoms with van der Waals surface area (Å²) in [6.45, 7) is 3.40. The second-order valence-electron chi connectivity index (χ2n) is 3.96. The van der Waals surface area contributed by atoms with Crippen molar-refractivity contribution >= 4 is 66.3 Å². The van der Waals surface area contributed by atoms with Gasteiger partial charge in [-0.25, -0.2) is 13.4 Å². The molecule has 2 heterocycles. The Bertz CT molecular complexity index is 775. The third-order valence-electron chi connectivity index (χ3n) is 2.47. The van der Waals surface area contributed by atoms with Gasteiger partial charge in [-0.15, -0.1) is 11.3 Å². The number of pyridine rings is 1. The SMILES string of the molecule is Cc1nc(NS(=O)(=O)c2cc(Br)sc2C)c(Cl)cc1Cl. The number of halogens is 3. The molecule has 0 fully saturated rings. The number of aryl methyl sites for hydroxylation is 2. The molecule has 1 N–H and O–H groups in total. The van der Waals surface area contributed by atoms with E-state index in [4.69, 9.17) is 23.2 Å². The van der Waals surface area contributed by atoms with Crippen LogP contribution in [0.15, 0.2) is 20.8 Å². The zero-order valence-electron chi connectivity index (χ0n) is 10.4. The van der Waals surface area contributed by atoms with Gasteiger partial charge >= 0.3 is 0 Å². The van der Waals surface area contributed by atoms with Crippen LogP contribution in [0.4, 0.5) is 5.82 Å². The van der Waals surface area contributed by atoms with E-state index in [0.29, 0.717) is 15.6 Å². The number of hydrogen-bond acceptors (Lipinski definition) is 4. The molecular weight excluding hydrogens is 407 g/mol. The van der Waals surface area contributed by atoms with E-state index in [-0.39, 0.29) is 15.7 Å². The van der Waals surface area contributed by atoms with E-state index in [0.717, 1.165) is 3.79 Å². The van der Waals surface area contributed by atoms with Crippen LogP contribution < -0.4 is 4.72 Å². The van der Waals surface area contributed by atoms with E-state index in [1.165, 1.54) is 17.4 Å². The maximum atomic E-state index is 12.3. The molecule has 108 valence electrons. The molecular formula is C11H9BrCl2N2O2S2. The smallest absolute Gasteiger partial charge is 0.262 e. The van der Waals surface area contributed by atoms with E-state index >= 15 is 0 Å². The highest BCUT2D eigenvalue weighted by atomic mass is 79.9. The lowest BCUT2D eigenvalue weighted by Crippen LogP contribution is -2.14. The molecule has 0 aliphatic heterocycles. The van der Waals surface area contributed by atoms with Gasteiger partial charge in [0.05, 0.1) is 19.5 Å². The number of thiophene rings is 1. The summed E-state index contributed by atoms with van der Waals surface area (Å²) in [4.78, 5) is 4.92. The van der Waals surface area contributed by atoms with E-state index < -0.39 is 10.0 Å². The van der Waals surface area contributed by atoms with Crippen molar-refractivity contribution in [1.82, 2.24) is 4.98 Å². The lowest BCUT2D eigenvalue weighted by Gasteiger charge is -2.10. The molecule has 2 rings (SSSR count). The first-order chi connectivity index (χ1) is 9.20. The minimum Gasteiger partial charge on any atom is -0.262 e. The van der Waals surface area contributed by atoms with Gasteiger partial charge in [0.1, 0.15) is 4.90 Å². The zero-order chi connectivity index (χ0) is 15.1. The standard InChI is InChI=1S/C11H9BrCl2N2O2S2/c1-5-7(13)3-8(14)11(15-5)16-20(17,18)9-4-10(12)19-6(9)2/h3-4H,1-2H3,(H,15,16). The Kier molecular flexibility index (Phi) is 4.66. The van der Waals surface area contributed by atoms with Gasteiger partial charge in [-0.2, -0.15) is 0 Å². The Labute approximate surface area is 139 Å². The number of nitrogens with one attached hydrogen (secondary N) is 1. The van der Waals surface area contributed by atoms with Crippen molar-refractivity contribution in [1.29, 1.82) is 0 Å². The molecule has 0 spiro atoms. The van der Waals surface area contributed by atoms with Gasteiger partial charge in [-0.05, 0) is 41.9 Å². The number of anilines is 1. The van der Waals surface area contributed by atoms with Gasteiger partial charge in [0.15, 0.2) is 5.82 Å². The van der Waals surface area contributed by atoms with Crippen molar-refractivity contribution < 1.29 is 8.42 Å². The number of aromatic nitrogens is 1. The third kappa shape index (κ3) is 3.28. The average Bonchev–Trinajstić information content (AvgIpc) is 2.66. The molecule has 0 saturated heterocycles. The predicted octanol–water partition coefficient (Wildman–Crippen LogP) is 4.63. The summed E-state index contributed by atoms with van der Waals surface area (Å²) in [5.41, 5.74) is 0.497. The Morgan fingerprint density at radius 3 is 2.45 bits per heavy atom. The van der Waals surface area contributed by atoms with Gasteiger partial charge in [0.25, 0.3) is 10.0 Å². The van der Waals surface area contributed by atoms with Gasteiger partial charge in [-0.3, -0.25) is 4.72 Å². The lowest BCUT2D eigenvalue weighted by atomic mass is 10.4. The van der Waals surface area contributed by atoms with Crippen molar-refractivity contribution in [2.45, 2.75) is 18.7 Å². The first-order valence-corrected chi connectivity index (χ1v) is 9.17. The largest absolute Gasteiger partial charge is 0.264 e. The van der Waals surface area contributed by atoms with Gasteiger partial charge in [0, 0.05) is 4.88 Å². The summed E-state index contributed by atoms with van der Waals surface area (Å²) in [5, 5.41) is 0.531. The number of rotatable bonds is 3. The normalized spacial score (nSPS) is 11.7. The second kappa shape index (κ2) is 5.81. The van der Waals surface area contributed by atoms with E-state index in [1.54, 1.807) is 19.9 Å². The predicted molar refractivity (Wildman–Crippen MR) is 86.6 cm³/mol. The van der Waals surface area contributed by atoms with Crippen molar-refractivity contribution in [3.63, 3.8) is 0 Å². The van der Waals surface area contributed by atoms with E-state index in [2.05, 4.69) is 25.6 Å². The van der Waals surface area contributed by atoms with Crippen molar-refractivity contribution in [3.05, 3.63) is 36.5 Å². The fourth-order valence-electron chi connectivity index (χ4n) is 1.51. The molecule has 0 bridgehead atoms. The Morgan fingerprint density at radius 1 is 1.25 bits per heavy atom. The molecule has 4 nitrogen and oxygen atoms in total. The maximum Gasteiger partial charge on any atom is 0.264 e. The van der Waals surface area contributed by atoms with Crippen molar-refractivity contribution in [3.8, 4) is 0 Å². The molecule has 0 aromatic carbocycles. The van der Waals surface area contributed by atoms with Crippen LogP contribution in [0, 0.1) is 13.8 Å². The first kappa shape index (κ1) is 16.0. The first-order valence-electron chi connectivity index (χ1n) is 5.32. The highest BCUT2D eigenvalue weighted by Crippen LogP contribution is 2.32. The number of nitrogens with zero attached hydrogens (tertiary/aromatic N) is 1. The Hall–Kier alpha value is -0.340. The molecule has 0 amide bonds. The van der Waals surface area contributed by atoms with Crippen LogP contribution in [-0.4, -0.2) is 13.4 Å². The minimum absolute atomic E-state index is 0.0651. The van der Waals surface area contributed by atoms with Crippen molar-refractivity contribution in [2.24, 2.45) is 0 Å². The number of sulfonamides is 1. The van der Waals surface area contributed by atoms with Gasteiger partial charge < -0.3 is 0 Å². The fourth-order valence-corrected chi connectivity index (χ4v) is 5.41. The highest BCUT2D eigenvalue weighted by Gasteiger charge is 2.21. The van der Waals surface area contributed by atoms with E-state index in [1.807, 2.05) is 0 Å². The summed E-state index contributed by atoms with van der Waals surface area (Å²) in [6, 6.07) is 3.00. The summed E-state index contributed by atoms with van der Waals surface area (Å²) >= 11 is 16.4. The van der Waals surface area contributed by atoms with Crippen molar-refractivity contribution in [2.75, 3.05) is 4.72 Å². The molecule has 2 aromatic heterocycles. The van der Waals surface area contributed by atoms with Crippen LogP contribution in [0.25, 0.3) is 0 Å². The molecule has 0 unspecified atom stereocenters. The van der Waals surface area contributed by atoms with Crippen LogP contribution in [0.3, 0.4) is 0 Å². The van der Waals surface area contributed by atoms with Crippen LogP contribution in [-0.2, 0) is 10.0 Å². The monoisotopic (exact) mass is 414 g/mol. The van der Waals surface area contributed by atoms with Crippen LogP contribution in [0.2, 0.25) is 10.0 Å². The van der Waals surface area contributed by atoms with Crippen LogP contribution in [0.5, 0.6) is 0 Å². The molecule has 0 radical (unpaired) electrons. The summed E-state index contributed by atoms with van der Waals surface area (Å²) in [6.07, 6.45) is 0. The number of hydrogen-bond donors (Lipinski definition) is 1.